The molecule has 0 aromatic heterocycles. The first kappa shape index (κ1) is 14.1. The smallest absolute Gasteiger partial charge is 0.317 e. The molecule has 0 aromatic carbocycles. The number of rotatable bonds is 2. The van der Waals surface area contributed by atoms with E-state index in [4.69, 9.17) is 5.11 Å². The molecule has 108 valence electrons. The summed E-state index contributed by atoms with van der Waals surface area (Å²) in [5, 5.41) is 21.4. The normalized spacial score (nSPS) is 31.8. The van der Waals surface area contributed by atoms with Gasteiger partial charge in [0.2, 0.25) is 0 Å². The Labute approximate surface area is 112 Å². The van der Waals surface area contributed by atoms with Crippen molar-refractivity contribution in [3.63, 3.8) is 0 Å². The van der Waals surface area contributed by atoms with Crippen molar-refractivity contribution < 1.29 is 19.8 Å². The van der Waals surface area contributed by atoms with Gasteiger partial charge in [0, 0.05) is 19.1 Å². The molecule has 6 heteroatoms. The van der Waals surface area contributed by atoms with Crippen LogP contribution < -0.4 is 5.32 Å². The highest BCUT2D eigenvalue weighted by atomic mass is 16.4. The van der Waals surface area contributed by atoms with Gasteiger partial charge in [0.25, 0.3) is 0 Å². The van der Waals surface area contributed by atoms with Gasteiger partial charge in [0.15, 0.2) is 0 Å². The number of carbonyl (C=O) groups is 2. The van der Waals surface area contributed by atoms with Crippen LogP contribution in [0.25, 0.3) is 0 Å². The third kappa shape index (κ3) is 3.83. The summed E-state index contributed by atoms with van der Waals surface area (Å²) in [6, 6.07) is -0.0477. The second-order valence-electron chi connectivity index (χ2n) is 5.58. The summed E-state index contributed by atoms with van der Waals surface area (Å²) in [7, 11) is 0. The summed E-state index contributed by atoms with van der Waals surface area (Å²) in [5.74, 6) is -1.26. The SMILES string of the molecule is O=C(O)[C@@H]1CCCN(C(=O)NC2CCC(O)CC2)C1. The minimum atomic E-state index is -0.821. The van der Waals surface area contributed by atoms with Crippen LogP contribution in [0.15, 0.2) is 0 Å². The highest BCUT2D eigenvalue weighted by Crippen LogP contribution is 2.20. The van der Waals surface area contributed by atoms with Crippen LogP contribution in [0.4, 0.5) is 4.79 Å². The van der Waals surface area contributed by atoms with Crippen molar-refractivity contribution in [2.75, 3.05) is 13.1 Å². The number of piperidine rings is 1. The lowest BCUT2D eigenvalue weighted by Gasteiger charge is -2.33. The summed E-state index contributed by atoms with van der Waals surface area (Å²) in [6.45, 7) is 0.932. The average molecular weight is 270 g/mol. The van der Waals surface area contributed by atoms with E-state index in [-0.39, 0.29) is 18.2 Å². The fourth-order valence-corrected chi connectivity index (χ4v) is 2.85. The number of carboxylic acid groups (broad SMARTS) is 1. The van der Waals surface area contributed by atoms with E-state index in [1.54, 1.807) is 4.90 Å². The summed E-state index contributed by atoms with van der Waals surface area (Å²) in [5.41, 5.74) is 0. The molecule has 0 aromatic rings. The Kier molecular flexibility index (Phi) is 4.63. The lowest BCUT2D eigenvalue weighted by atomic mass is 9.93. The van der Waals surface area contributed by atoms with Crippen molar-refractivity contribution in [2.45, 2.75) is 50.7 Å². The first-order valence-corrected chi connectivity index (χ1v) is 7.02. The van der Waals surface area contributed by atoms with Crippen LogP contribution in [-0.2, 0) is 4.79 Å². The van der Waals surface area contributed by atoms with Crippen molar-refractivity contribution in [1.82, 2.24) is 10.2 Å². The van der Waals surface area contributed by atoms with E-state index in [0.29, 0.717) is 19.5 Å². The minimum Gasteiger partial charge on any atom is -0.481 e. The van der Waals surface area contributed by atoms with Crippen molar-refractivity contribution in [1.29, 1.82) is 0 Å². The van der Waals surface area contributed by atoms with Crippen LogP contribution in [0.3, 0.4) is 0 Å². The number of nitrogens with zero attached hydrogens (tertiary/aromatic N) is 1. The van der Waals surface area contributed by atoms with Crippen molar-refractivity contribution >= 4 is 12.0 Å². The number of hydrogen-bond donors (Lipinski definition) is 3. The third-order valence-corrected chi connectivity index (χ3v) is 4.08. The number of aliphatic hydroxyl groups is 1. The van der Waals surface area contributed by atoms with Gasteiger partial charge < -0.3 is 20.4 Å². The van der Waals surface area contributed by atoms with Gasteiger partial charge in [-0.15, -0.1) is 0 Å². The molecular formula is C13H22N2O4. The Morgan fingerprint density at radius 3 is 2.42 bits per heavy atom. The Bertz CT molecular complexity index is 340. The molecule has 2 rings (SSSR count). The van der Waals surface area contributed by atoms with Crippen LogP contribution in [0.1, 0.15) is 38.5 Å². The Morgan fingerprint density at radius 1 is 1.11 bits per heavy atom. The number of hydrogen-bond acceptors (Lipinski definition) is 3. The third-order valence-electron chi connectivity index (χ3n) is 4.08. The second-order valence-corrected chi connectivity index (χ2v) is 5.58. The van der Waals surface area contributed by atoms with E-state index in [1.807, 2.05) is 0 Å². The Hall–Kier alpha value is -1.30. The lowest BCUT2D eigenvalue weighted by molar-refractivity contribution is -0.143. The van der Waals surface area contributed by atoms with Crippen LogP contribution >= 0.6 is 0 Å². The van der Waals surface area contributed by atoms with E-state index in [1.165, 1.54) is 0 Å². The maximum Gasteiger partial charge on any atom is 0.317 e. The second kappa shape index (κ2) is 6.23. The zero-order chi connectivity index (χ0) is 13.8. The maximum atomic E-state index is 12.1. The predicted octanol–water partition coefficient (Wildman–Crippen LogP) is 0.796. The molecule has 1 atom stereocenters. The van der Waals surface area contributed by atoms with Gasteiger partial charge >= 0.3 is 12.0 Å². The molecule has 1 heterocycles. The van der Waals surface area contributed by atoms with Gasteiger partial charge in [-0.05, 0) is 38.5 Å². The van der Waals surface area contributed by atoms with E-state index >= 15 is 0 Å². The zero-order valence-corrected chi connectivity index (χ0v) is 11.0. The van der Waals surface area contributed by atoms with Gasteiger partial charge in [-0.25, -0.2) is 4.79 Å². The molecule has 2 aliphatic rings. The minimum absolute atomic E-state index is 0.112. The highest BCUT2D eigenvalue weighted by Gasteiger charge is 2.29. The number of likely N-dealkylation sites (tertiary alicyclic amines) is 1. The summed E-state index contributed by atoms with van der Waals surface area (Å²) in [6.07, 6.45) is 4.19. The molecule has 19 heavy (non-hydrogen) atoms. The lowest BCUT2D eigenvalue weighted by Crippen LogP contribution is -2.50. The standard InChI is InChI=1S/C13H22N2O4/c16-11-5-3-10(4-6-11)14-13(19)15-7-1-2-9(8-15)12(17)18/h9-11,16H,1-8H2,(H,14,19)(H,17,18)/t9-,10?,11?/m1/s1. The molecule has 2 amide bonds. The molecule has 2 fully saturated rings. The van der Waals surface area contributed by atoms with E-state index in [0.717, 1.165) is 32.1 Å². The van der Waals surface area contributed by atoms with Gasteiger partial charge in [0.05, 0.1) is 12.0 Å². The fourth-order valence-electron chi connectivity index (χ4n) is 2.85. The maximum absolute atomic E-state index is 12.1. The summed E-state index contributed by atoms with van der Waals surface area (Å²) >= 11 is 0. The van der Waals surface area contributed by atoms with Gasteiger partial charge in [-0.1, -0.05) is 0 Å². The number of carboxylic acids is 1. The Morgan fingerprint density at radius 2 is 1.79 bits per heavy atom. The first-order valence-electron chi connectivity index (χ1n) is 7.02. The average Bonchev–Trinajstić information content (AvgIpc) is 2.41. The molecule has 1 saturated carbocycles. The molecule has 0 bridgehead atoms. The van der Waals surface area contributed by atoms with E-state index in [9.17, 15) is 14.7 Å². The summed E-state index contributed by atoms with van der Waals surface area (Å²) < 4.78 is 0. The molecule has 6 nitrogen and oxygen atoms in total. The summed E-state index contributed by atoms with van der Waals surface area (Å²) in [4.78, 5) is 24.6. The van der Waals surface area contributed by atoms with E-state index in [2.05, 4.69) is 5.32 Å². The van der Waals surface area contributed by atoms with Gasteiger partial charge in [0.1, 0.15) is 0 Å². The molecule has 1 aliphatic heterocycles. The zero-order valence-electron chi connectivity index (χ0n) is 11.0. The number of aliphatic hydroxyl groups excluding tert-OH is 1. The van der Waals surface area contributed by atoms with Crippen LogP contribution in [0, 0.1) is 5.92 Å². The molecule has 3 N–H and O–H groups in total. The predicted molar refractivity (Wildman–Crippen MR) is 68.7 cm³/mol. The van der Waals surface area contributed by atoms with Crippen molar-refractivity contribution in [2.24, 2.45) is 5.92 Å². The highest BCUT2D eigenvalue weighted by molar-refractivity contribution is 5.76. The topological polar surface area (TPSA) is 89.9 Å². The van der Waals surface area contributed by atoms with Crippen molar-refractivity contribution in [3.8, 4) is 0 Å². The molecule has 0 radical (unpaired) electrons. The largest absolute Gasteiger partial charge is 0.481 e. The van der Waals surface area contributed by atoms with Crippen LogP contribution in [0.2, 0.25) is 0 Å². The molecule has 1 saturated heterocycles. The fraction of sp³-hybridized carbons (Fsp3) is 0.846. The van der Waals surface area contributed by atoms with Crippen molar-refractivity contribution in [3.05, 3.63) is 0 Å². The van der Waals surface area contributed by atoms with Crippen LogP contribution in [-0.4, -0.2) is 52.3 Å². The monoisotopic (exact) mass is 270 g/mol. The van der Waals surface area contributed by atoms with Gasteiger partial charge in [-0.3, -0.25) is 4.79 Å². The molecule has 0 spiro atoms. The molecule has 1 aliphatic carbocycles. The van der Waals surface area contributed by atoms with E-state index < -0.39 is 11.9 Å². The molecular weight excluding hydrogens is 248 g/mol. The van der Waals surface area contributed by atoms with Gasteiger partial charge in [-0.2, -0.15) is 0 Å². The number of carbonyl (C=O) groups excluding carboxylic acids is 1. The molecule has 0 unspecified atom stereocenters. The number of urea groups is 1. The quantitative estimate of drug-likeness (QED) is 0.692. The number of aliphatic carboxylic acids is 1. The Balaban J connectivity index is 1.80. The first-order chi connectivity index (χ1) is 9.06. The number of amides is 2. The number of nitrogens with one attached hydrogen (secondary N) is 1. The van der Waals surface area contributed by atoms with Crippen LogP contribution in [0.5, 0.6) is 0 Å².